The maximum absolute atomic E-state index is 11.7. The molecule has 0 saturated heterocycles. The van der Waals surface area contributed by atoms with E-state index in [0.717, 1.165) is 6.26 Å². The first-order valence-corrected chi connectivity index (χ1v) is 7.01. The Morgan fingerprint density at radius 1 is 1.28 bits per heavy atom. The van der Waals surface area contributed by atoms with Gasteiger partial charge in [-0.05, 0) is 19.1 Å². The number of sulfone groups is 1. The van der Waals surface area contributed by atoms with Crippen molar-refractivity contribution in [2.75, 3.05) is 6.26 Å². The number of carbonyl (C=O) groups is 1. The molecule has 0 fully saturated rings. The smallest absolute Gasteiger partial charge is 0.298 e. The lowest BCUT2D eigenvalue weighted by Crippen LogP contribution is -2.31. The zero-order chi connectivity index (χ0) is 13.6. The highest BCUT2D eigenvalue weighted by atomic mass is 32.2. The van der Waals surface area contributed by atoms with E-state index in [9.17, 15) is 13.2 Å². The second kappa shape index (κ2) is 3.81. The normalized spacial score (nSPS) is 23.7. The molecule has 0 bridgehead atoms. The van der Waals surface area contributed by atoms with E-state index in [2.05, 4.69) is 4.99 Å². The minimum atomic E-state index is -3.27. The first-order chi connectivity index (χ1) is 8.23. The number of amides is 1. The predicted molar refractivity (Wildman–Crippen MR) is 64.6 cm³/mol. The molecular formula is C11H12N2O4S. The lowest BCUT2D eigenvalue weighted by atomic mass is 9.95. The number of carbonyl (C=O) groups excluding carboxylic acids is 1. The van der Waals surface area contributed by atoms with Gasteiger partial charge in [-0.15, -0.1) is 0 Å². The molecule has 1 aliphatic rings. The number of rotatable bonds is 2. The SMILES string of the molecule is CC1(c2ccc(S(C)(=O)=O)cc2)OC(N)=NC1=O. The Morgan fingerprint density at radius 3 is 2.22 bits per heavy atom. The molecule has 1 heterocycles. The van der Waals surface area contributed by atoms with Gasteiger partial charge in [-0.25, -0.2) is 8.42 Å². The minimum absolute atomic E-state index is 0.175. The number of aliphatic imine (C=N–C) groups is 1. The zero-order valence-electron chi connectivity index (χ0n) is 9.88. The fourth-order valence-electron chi connectivity index (χ4n) is 1.68. The van der Waals surface area contributed by atoms with E-state index in [1.54, 1.807) is 0 Å². The van der Waals surface area contributed by atoms with Crippen LogP contribution in [-0.4, -0.2) is 26.6 Å². The molecule has 0 spiro atoms. The van der Waals surface area contributed by atoms with Crippen molar-refractivity contribution >= 4 is 21.8 Å². The topological polar surface area (TPSA) is 98.8 Å². The molecular weight excluding hydrogens is 256 g/mol. The quantitative estimate of drug-likeness (QED) is 0.824. The molecule has 18 heavy (non-hydrogen) atoms. The van der Waals surface area contributed by atoms with Crippen LogP contribution in [0.1, 0.15) is 12.5 Å². The molecule has 2 N–H and O–H groups in total. The molecule has 1 aromatic carbocycles. The highest BCUT2D eigenvalue weighted by molar-refractivity contribution is 7.90. The van der Waals surface area contributed by atoms with Gasteiger partial charge in [-0.1, -0.05) is 12.1 Å². The summed E-state index contributed by atoms with van der Waals surface area (Å²) in [4.78, 5) is 15.4. The summed E-state index contributed by atoms with van der Waals surface area (Å²) in [6, 6.07) is 5.68. The Hall–Kier alpha value is -1.89. The van der Waals surface area contributed by atoms with Crippen LogP contribution >= 0.6 is 0 Å². The molecule has 1 aromatic rings. The van der Waals surface area contributed by atoms with Crippen LogP contribution in [0, 0.1) is 0 Å². The van der Waals surface area contributed by atoms with Gasteiger partial charge in [-0.2, -0.15) is 4.99 Å². The first kappa shape index (κ1) is 12.6. The molecule has 0 saturated carbocycles. The molecule has 0 aromatic heterocycles. The number of hydrogen-bond acceptors (Lipinski definition) is 5. The Morgan fingerprint density at radius 2 is 1.83 bits per heavy atom. The van der Waals surface area contributed by atoms with Gasteiger partial charge in [0, 0.05) is 11.8 Å². The van der Waals surface area contributed by atoms with Crippen molar-refractivity contribution in [3.8, 4) is 0 Å². The summed E-state index contributed by atoms with van der Waals surface area (Å²) in [5, 5.41) is 0. The largest absolute Gasteiger partial charge is 0.444 e. The number of hydrogen-bond donors (Lipinski definition) is 1. The summed E-state index contributed by atoms with van der Waals surface area (Å²) in [6.07, 6.45) is 1.11. The highest BCUT2D eigenvalue weighted by Crippen LogP contribution is 2.31. The van der Waals surface area contributed by atoms with E-state index < -0.39 is 21.3 Å². The van der Waals surface area contributed by atoms with Gasteiger partial charge >= 0.3 is 0 Å². The monoisotopic (exact) mass is 268 g/mol. The van der Waals surface area contributed by atoms with Gasteiger partial charge in [0.05, 0.1) is 4.90 Å². The van der Waals surface area contributed by atoms with Crippen LogP contribution in [0.15, 0.2) is 34.2 Å². The fraction of sp³-hybridized carbons (Fsp3) is 0.273. The third-order valence-electron chi connectivity index (χ3n) is 2.76. The maximum Gasteiger partial charge on any atom is 0.298 e. The van der Waals surface area contributed by atoms with Crippen molar-refractivity contribution in [1.29, 1.82) is 0 Å². The Labute approximate surface area is 104 Å². The van der Waals surface area contributed by atoms with Crippen LogP contribution in [0.3, 0.4) is 0 Å². The molecule has 2 rings (SSSR count). The van der Waals surface area contributed by atoms with E-state index in [0.29, 0.717) is 5.56 Å². The molecule has 96 valence electrons. The van der Waals surface area contributed by atoms with Gasteiger partial charge < -0.3 is 10.5 Å². The van der Waals surface area contributed by atoms with Gasteiger partial charge in [0.25, 0.3) is 11.9 Å². The fourth-order valence-corrected chi connectivity index (χ4v) is 2.32. The molecule has 0 aliphatic carbocycles. The number of ether oxygens (including phenoxy) is 1. The van der Waals surface area contributed by atoms with Crippen molar-refractivity contribution in [2.45, 2.75) is 17.4 Å². The van der Waals surface area contributed by atoms with E-state index in [-0.39, 0.29) is 10.9 Å². The van der Waals surface area contributed by atoms with Crippen LogP contribution in [0.25, 0.3) is 0 Å². The second-order valence-electron chi connectivity index (χ2n) is 4.19. The van der Waals surface area contributed by atoms with E-state index in [1.165, 1.54) is 31.2 Å². The molecule has 0 radical (unpaired) electrons. The van der Waals surface area contributed by atoms with Crippen LogP contribution in [-0.2, 0) is 25.0 Å². The van der Waals surface area contributed by atoms with Crippen LogP contribution in [0.2, 0.25) is 0 Å². The van der Waals surface area contributed by atoms with Crippen molar-refractivity contribution < 1.29 is 17.9 Å². The van der Waals surface area contributed by atoms with E-state index in [1.807, 2.05) is 0 Å². The van der Waals surface area contributed by atoms with Gasteiger partial charge in [0.1, 0.15) is 0 Å². The van der Waals surface area contributed by atoms with Crippen molar-refractivity contribution in [2.24, 2.45) is 10.7 Å². The Kier molecular flexibility index (Phi) is 2.66. The van der Waals surface area contributed by atoms with Crippen molar-refractivity contribution in [3.63, 3.8) is 0 Å². The number of benzene rings is 1. The molecule has 6 nitrogen and oxygen atoms in total. The molecule has 7 heteroatoms. The maximum atomic E-state index is 11.7. The highest BCUT2D eigenvalue weighted by Gasteiger charge is 2.43. The first-order valence-electron chi connectivity index (χ1n) is 5.12. The lowest BCUT2D eigenvalue weighted by Gasteiger charge is -2.21. The standard InChI is InChI=1S/C11H12N2O4S/c1-11(9(14)13-10(12)17-11)7-3-5-8(6-4-7)18(2,15)16/h3-6H,1-2H3,(H2,12,13,14). The average Bonchev–Trinajstić information content (AvgIpc) is 2.53. The third-order valence-corrected chi connectivity index (χ3v) is 3.89. The summed E-state index contributed by atoms with van der Waals surface area (Å²) in [7, 11) is -3.27. The summed E-state index contributed by atoms with van der Waals surface area (Å²) in [5.74, 6) is -0.507. The van der Waals surface area contributed by atoms with Crippen molar-refractivity contribution in [1.82, 2.24) is 0 Å². The van der Waals surface area contributed by atoms with E-state index in [4.69, 9.17) is 10.5 Å². The average molecular weight is 268 g/mol. The molecule has 1 amide bonds. The van der Waals surface area contributed by atoms with Crippen LogP contribution < -0.4 is 5.73 Å². The zero-order valence-corrected chi connectivity index (χ0v) is 10.7. The summed E-state index contributed by atoms with van der Waals surface area (Å²) in [6.45, 7) is 1.54. The molecule has 1 unspecified atom stereocenters. The van der Waals surface area contributed by atoms with Crippen LogP contribution in [0.4, 0.5) is 0 Å². The predicted octanol–water partition coefficient (Wildman–Crippen LogP) is 0.177. The Bertz CT molecular complexity index is 634. The minimum Gasteiger partial charge on any atom is -0.444 e. The number of nitrogens with two attached hydrogens (primary N) is 1. The van der Waals surface area contributed by atoms with Crippen molar-refractivity contribution in [3.05, 3.63) is 29.8 Å². The molecule has 1 aliphatic heterocycles. The summed E-state index contributed by atoms with van der Waals surface area (Å²) >= 11 is 0. The molecule has 1 atom stereocenters. The second-order valence-corrected chi connectivity index (χ2v) is 6.20. The third kappa shape index (κ3) is 1.97. The van der Waals surface area contributed by atoms with Gasteiger partial charge in [0.2, 0.25) is 5.60 Å². The number of nitrogens with zero attached hydrogens (tertiary/aromatic N) is 1. The van der Waals surface area contributed by atoms with E-state index >= 15 is 0 Å². The summed E-state index contributed by atoms with van der Waals surface area (Å²) < 4.78 is 27.8. The summed E-state index contributed by atoms with van der Waals surface area (Å²) in [5.41, 5.74) is 4.57. The van der Waals surface area contributed by atoms with Gasteiger partial charge in [0.15, 0.2) is 9.84 Å². The van der Waals surface area contributed by atoms with Crippen LogP contribution in [0.5, 0.6) is 0 Å². The number of amidine groups is 1. The Balaban J connectivity index is 2.40. The lowest BCUT2D eigenvalue weighted by molar-refractivity contribution is -0.130. The van der Waals surface area contributed by atoms with Gasteiger partial charge in [-0.3, -0.25) is 4.79 Å².